The zero-order chi connectivity index (χ0) is 24.6. The van der Waals surface area contributed by atoms with E-state index in [0.29, 0.717) is 22.9 Å². The maximum atomic E-state index is 13.0. The minimum atomic E-state index is -0.766. The van der Waals surface area contributed by atoms with Gasteiger partial charge in [-0.3, -0.25) is 4.79 Å². The van der Waals surface area contributed by atoms with Crippen molar-refractivity contribution in [2.75, 3.05) is 26.7 Å². The number of likely N-dealkylation sites (N-methyl/N-ethyl adjacent to an activating group) is 1. The summed E-state index contributed by atoms with van der Waals surface area (Å²) in [7, 11) is 1.89. The average Bonchev–Trinajstić information content (AvgIpc) is 3.13. The van der Waals surface area contributed by atoms with Crippen LogP contribution in [0.25, 0.3) is 0 Å². The van der Waals surface area contributed by atoms with Gasteiger partial charge in [-0.05, 0) is 60.7 Å². The van der Waals surface area contributed by atoms with Gasteiger partial charge in [0.15, 0.2) is 0 Å². The summed E-state index contributed by atoms with van der Waals surface area (Å²) in [4.78, 5) is 17.3. The van der Waals surface area contributed by atoms with Crippen LogP contribution in [0.1, 0.15) is 58.3 Å². The number of nitrogens with zero attached hydrogens (tertiary/aromatic N) is 2. The van der Waals surface area contributed by atoms with Crippen LogP contribution < -0.4 is 0 Å². The number of hydrogen-bond acceptors (Lipinski definition) is 3. The third-order valence-electron chi connectivity index (χ3n) is 7.75. The quantitative estimate of drug-likeness (QED) is 0.426. The Bertz CT molecular complexity index is 1210. The lowest BCUT2D eigenvalue weighted by molar-refractivity contribution is -0.0266. The standard InChI is InChI=1S/C29H30Cl2N2O2/c1-32-27(23-9-5-6-10-24(23)28(32)34)22(20-11-12-25(30)26(31)19-20)13-16-33-17-14-29(35,15-18-33)21-7-3-2-4-8-21/h2-12,19,22,27,35H,13-18H2,1H3/t22-,27+/m1/s1. The predicted molar refractivity (Wildman–Crippen MR) is 141 cm³/mol. The number of hydrogen-bond donors (Lipinski definition) is 1. The largest absolute Gasteiger partial charge is 0.385 e. The highest BCUT2D eigenvalue weighted by atomic mass is 35.5. The molecule has 0 radical (unpaired) electrons. The lowest BCUT2D eigenvalue weighted by atomic mass is 9.83. The molecule has 182 valence electrons. The molecule has 1 fully saturated rings. The lowest BCUT2D eigenvalue weighted by Crippen LogP contribution is -2.43. The van der Waals surface area contributed by atoms with E-state index in [9.17, 15) is 9.90 Å². The van der Waals surface area contributed by atoms with Gasteiger partial charge in [-0.15, -0.1) is 0 Å². The van der Waals surface area contributed by atoms with Gasteiger partial charge in [0.05, 0.1) is 21.7 Å². The van der Waals surface area contributed by atoms with Crippen LogP contribution in [0.3, 0.4) is 0 Å². The molecule has 0 unspecified atom stereocenters. The second-order valence-corrected chi connectivity index (χ2v) is 10.6. The van der Waals surface area contributed by atoms with E-state index in [1.165, 1.54) is 0 Å². The van der Waals surface area contributed by atoms with Gasteiger partial charge in [-0.2, -0.15) is 0 Å². The van der Waals surface area contributed by atoms with E-state index in [2.05, 4.69) is 11.0 Å². The molecule has 4 nitrogen and oxygen atoms in total. The molecule has 0 spiro atoms. The van der Waals surface area contributed by atoms with Crippen molar-refractivity contribution in [3.8, 4) is 0 Å². The van der Waals surface area contributed by atoms with E-state index in [-0.39, 0.29) is 17.9 Å². The Hall–Kier alpha value is -2.37. The van der Waals surface area contributed by atoms with Crippen molar-refractivity contribution in [1.29, 1.82) is 0 Å². The Morgan fingerprint density at radius 2 is 1.66 bits per heavy atom. The second-order valence-electron chi connectivity index (χ2n) is 9.76. The second kappa shape index (κ2) is 9.94. The number of piperidine rings is 1. The predicted octanol–water partition coefficient (Wildman–Crippen LogP) is 6.28. The van der Waals surface area contributed by atoms with Crippen molar-refractivity contribution >= 4 is 29.1 Å². The molecule has 0 bridgehead atoms. The van der Waals surface area contributed by atoms with E-state index in [1.54, 1.807) is 0 Å². The van der Waals surface area contributed by atoms with Crippen molar-refractivity contribution in [3.05, 3.63) is 105 Å². The highest BCUT2D eigenvalue weighted by molar-refractivity contribution is 6.42. The summed E-state index contributed by atoms with van der Waals surface area (Å²) in [6.45, 7) is 2.53. The number of carbonyl (C=O) groups excluding carboxylic acids is 1. The number of carbonyl (C=O) groups is 1. The van der Waals surface area contributed by atoms with Gasteiger partial charge in [0.1, 0.15) is 0 Å². The minimum Gasteiger partial charge on any atom is -0.385 e. The minimum absolute atomic E-state index is 0.0570. The lowest BCUT2D eigenvalue weighted by Gasteiger charge is -2.39. The summed E-state index contributed by atoms with van der Waals surface area (Å²) in [6, 6.07) is 23.6. The molecular formula is C29H30Cl2N2O2. The first-order valence-corrected chi connectivity index (χ1v) is 12.9. The van der Waals surface area contributed by atoms with Crippen LogP contribution in [-0.4, -0.2) is 47.5 Å². The van der Waals surface area contributed by atoms with Crippen LogP contribution in [0.5, 0.6) is 0 Å². The van der Waals surface area contributed by atoms with E-state index < -0.39 is 5.60 Å². The average molecular weight is 509 g/mol. The summed E-state index contributed by atoms with van der Waals surface area (Å²) in [5, 5.41) is 12.3. The summed E-state index contributed by atoms with van der Waals surface area (Å²) in [6.07, 6.45) is 2.27. The Balaban J connectivity index is 1.36. The van der Waals surface area contributed by atoms with Gasteiger partial charge in [-0.1, -0.05) is 77.8 Å². The van der Waals surface area contributed by atoms with Crippen molar-refractivity contribution < 1.29 is 9.90 Å². The Morgan fingerprint density at radius 3 is 2.37 bits per heavy atom. The fourth-order valence-electron chi connectivity index (χ4n) is 5.72. The van der Waals surface area contributed by atoms with Gasteiger partial charge in [-0.25, -0.2) is 0 Å². The molecule has 0 aliphatic carbocycles. The Labute approximate surface area is 217 Å². The molecule has 5 rings (SSSR count). The van der Waals surface area contributed by atoms with Gasteiger partial charge in [0.25, 0.3) is 5.91 Å². The number of halogens is 2. The number of benzene rings is 3. The zero-order valence-electron chi connectivity index (χ0n) is 19.8. The summed E-state index contributed by atoms with van der Waals surface area (Å²) in [5.74, 6) is 0.124. The first-order chi connectivity index (χ1) is 16.9. The topological polar surface area (TPSA) is 43.8 Å². The molecule has 3 aromatic carbocycles. The first kappa shape index (κ1) is 24.3. The SMILES string of the molecule is CN1C(=O)c2ccccc2[C@@H]1[C@H](CCN1CCC(O)(c2ccccc2)CC1)c1ccc(Cl)c(Cl)c1. The molecule has 35 heavy (non-hydrogen) atoms. The number of amides is 1. The Kier molecular flexibility index (Phi) is 6.91. The molecule has 2 heterocycles. The molecule has 3 aromatic rings. The fraction of sp³-hybridized carbons (Fsp3) is 0.345. The van der Waals surface area contributed by atoms with Crippen molar-refractivity contribution in [2.24, 2.45) is 0 Å². The fourth-order valence-corrected chi connectivity index (χ4v) is 6.02. The van der Waals surface area contributed by atoms with E-state index in [1.807, 2.05) is 78.7 Å². The summed E-state index contributed by atoms with van der Waals surface area (Å²) in [5.41, 5.74) is 3.15. The van der Waals surface area contributed by atoms with Crippen LogP contribution in [-0.2, 0) is 5.60 Å². The van der Waals surface area contributed by atoms with Gasteiger partial charge < -0.3 is 14.9 Å². The summed E-state index contributed by atoms with van der Waals surface area (Å²) >= 11 is 12.6. The number of fused-ring (bicyclic) bond motifs is 1. The molecule has 0 saturated carbocycles. The number of aliphatic hydroxyl groups is 1. The van der Waals surface area contributed by atoms with Crippen LogP contribution in [0.15, 0.2) is 72.8 Å². The van der Waals surface area contributed by atoms with Crippen molar-refractivity contribution in [3.63, 3.8) is 0 Å². The maximum Gasteiger partial charge on any atom is 0.254 e. The monoisotopic (exact) mass is 508 g/mol. The highest BCUT2D eigenvalue weighted by Crippen LogP contribution is 2.45. The van der Waals surface area contributed by atoms with Crippen LogP contribution in [0.2, 0.25) is 10.0 Å². The molecule has 1 saturated heterocycles. The molecule has 1 amide bonds. The molecular weight excluding hydrogens is 479 g/mol. The third kappa shape index (κ3) is 4.73. The van der Waals surface area contributed by atoms with E-state index in [4.69, 9.17) is 23.2 Å². The third-order valence-corrected chi connectivity index (χ3v) is 8.49. The van der Waals surface area contributed by atoms with E-state index >= 15 is 0 Å². The zero-order valence-corrected chi connectivity index (χ0v) is 21.3. The Morgan fingerprint density at radius 1 is 0.971 bits per heavy atom. The van der Waals surface area contributed by atoms with Crippen molar-refractivity contribution in [2.45, 2.75) is 36.8 Å². The van der Waals surface area contributed by atoms with Crippen LogP contribution in [0.4, 0.5) is 0 Å². The van der Waals surface area contributed by atoms with Gasteiger partial charge in [0, 0.05) is 31.6 Å². The molecule has 6 heteroatoms. The molecule has 2 aliphatic heterocycles. The van der Waals surface area contributed by atoms with Crippen LogP contribution in [0, 0.1) is 0 Å². The molecule has 1 N–H and O–H groups in total. The highest BCUT2D eigenvalue weighted by Gasteiger charge is 2.40. The summed E-state index contributed by atoms with van der Waals surface area (Å²) < 4.78 is 0. The van der Waals surface area contributed by atoms with E-state index in [0.717, 1.165) is 48.3 Å². The van der Waals surface area contributed by atoms with Crippen molar-refractivity contribution in [1.82, 2.24) is 9.80 Å². The molecule has 2 atom stereocenters. The smallest absolute Gasteiger partial charge is 0.254 e. The maximum absolute atomic E-state index is 13.0. The van der Waals surface area contributed by atoms with Gasteiger partial charge >= 0.3 is 0 Å². The number of rotatable bonds is 6. The molecule has 2 aliphatic rings. The normalized spacial score (nSPS) is 20.6. The van der Waals surface area contributed by atoms with Crippen LogP contribution >= 0.6 is 23.2 Å². The molecule has 0 aromatic heterocycles. The first-order valence-electron chi connectivity index (χ1n) is 12.2. The van der Waals surface area contributed by atoms with Gasteiger partial charge in [0.2, 0.25) is 0 Å². The number of likely N-dealkylation sites (tertiary alicyclic amines) is 1.